The van der Waals surface area contributed by atoms with Gasteiger partial charge in [-0.3, -0.25) is 4.99 Å². The van der Waals surface area contributed by atoms with Gasteiger partial charge in [0.25, 0.3) is 0 Å². The lowest BCUT2D eigenvalue weighted by atomic mass is 10.2. The number of nitrogens with zero attached hydrogens (tertiary/aromatic N) is 5. The van der Waals surface area contributed by atoms with E-state index in [1.165, 1.54) is 18.9 Å². The third-order valence-corrected chi connectivity index (χ3v) is 4.47. The zero-order chi connectivity index (χ0) is 15.1. The molecule has 114 valence electrons. The van der Waals surface area contributed by atoms with Crippen molar-refractivity contribution in [3.63, 3.8) is 0 Å². The first-order chi connectivity index (χ1) is 10.7. The van der Waals surface area contributed by atoms with Crippen LogP contribution in [0, 0.1) is 5.95 Å². The molecular weight excluding hydrogens is 281 g/mol. The van der Waals surface area contributed by atoms with E-state index in [2.05, 4.69) is 21.8 Å². The van der Waals surface area contributed by atoms with Gasteiger partial charge in [-0.25, -0.2) is 9.99 Å². The highest BCUT2D eigenvalue weighted by Gasteiger charge is 2.33. The number of hydrazone groups is 1. The molecule has 1 fully saturated rings. The average Bonchev–Trinajstić information content (AvgIpc) is 3.12. The summed E-state index contributed by atoms with van der Waals surface area (Å²) in [6.45, 7) is 3.82. The molecule has 6 heteroatoms. The molecule has 22 heavy (non-hydrogen) atoms. The molecule has 4 rings (SSSR count). The number of likely N-dealkylation sites (tertiary alicyclic amines) is 1. The molecule has 0 bridgehead atoms. The van der Waals surface area contributed by atoms with Crippen molar-refractivity contribution in [1.82, 2.24) is 14.9 Å². The van der Waals surface area contributed by atoms with E-state index in [-0.39, 0.29) is 6.04 Å². The SMILES string of the molecule is C[C@@H]1CCCN1C1=NN2C(=NCC2c2cccc(F)n2)C=C1. The van der Waals surface area contributed by atoms with Gasteiger partial charge in [0.05, 0.1) is 12.2 Å². The van der Waals surface area contributed by atoms with Gasteiger partial charge in [-0.05, 0) is 44.1 Å². The van der Waals surface area contributed by atoms with E-state index in [0.29, 0.717) is 18.3 Å². The van der Waals surface area contributed by atoms with Crippen LogP contribution >= 0.6 is 0 Å². The summed E-state index contributed by atoms with van der Waals surface area (Å²) in [5.41, 5.74) is 0.673. The molecule has 0 spiro atoms. The maximum Gasteiger partial charge on any atom is 0.213 e. The van der Waals surface area contributed by atoms with Crippen LogP contribution < -0.4 is 0 Å². The van der Waals surface area contributed by atoms with Crippen LogP contribution in [0.3, 0.4) is 0 Å². The molecule has 3 aliphatic heterocycles. The zero-order valence-electron chi connectivity index (χ0n) is 12.5. The second kappa shape index (κ2) is 5.19. The van der Waals surface area contributed by atoms with Crippen molar-refractivity contribution >= 4 is 11.7 Å². The van der Waals surface area contributed by atoms with E-state index in [4.69, 9.17) is 5.10 Å². The third kappa shape index (κ3) is 2.19. The number of fused-ring (bicyclic) bond motifs is 1. The van der Waals surface area contributed by atoms with E-state index in [1.54, 1.807) is 6.07 Å². The molecule has 2 atom stereocenters. The number of amidine groups is 2. The Kier molecular flexibility index (Phi) is 3.17. The first kappa shape index (κ1) is 13.4. The number of rotatable bonds is 1. The van der Waals surface area contributed by atoms with Gasteiger partial charge >= 0.3 is 0 Å². The fourth-order valence-corrected chi connectivity index (χ4v) is 3.29. The fraction of sp³-hybridized carbons (Fsp3) is 0.438. The van der Waals surface area contributed by atoms with Crippen LogP contribution in [0.4, 0.5) is 4.39 Å². The molecule has 1 unspecified atom stereocenters. The topological polar surface area (TPSA) is 44.1 Å². The molecule has 0 aliphatic carbocycles. The van der Waals surface area contributed by atoms with Crippen molar-refractivity contribution in [3.8, 4) is 0 Å². The van der Waals surface area contributed by atoms with Crippen molar-refractivity contribution in [2.24, 2.45) is 10.1 Å². The minimum absolute atomic E-state index is 0.122. The molecule has 0 amide bonds. The minimum atomic E-state index is -0.462. The molecular formula is C16H18FN5. The first-order valence-electron chi connectivity index (χ1n) is 7.72. The van der Waals surface area contributed by atoms with Crippen LogP contribution in [-0.4, -0.2) is 45.7 Å². The van der Waals surface area contributed by atoms with Crippen LogP contribution in [0.1, 0.15) is 31.5 Å². The van der Waals surface area contributed by atoms with E-state index < -0.39 is 5.95 Å². The second-order valence-electron chi connectivity index (χ2n) is 5.92. The molecule has 0 aromatic carbocycles. The van der Waals surface area contributed by atoms with Crippen LogP contribution in [0.5, 0.6) is 0 Å². The quantitative estimate of drug-likeness (QED) is 0.748. The lowest BCUT2D eigenvalue weighted by molar-refractivity contribution is 0.338. The molecule has 0 radical (unpaired) electrons. The van der Waals surface area contributed by atoms with Gasteiger partial charge in [-0.2, -0.15) is 9.49 Å². The highest BCUT2D eigenvalue weighted by Crippen LogP contribution is 2.29. The van der Waals surface area contributed by atoms with Crippen LogP contribution in [-0.2, 0) is 0 Å². The molecule has 0 N–H and O–H groups in total. The largest absolute Gasteiger partial charge is 0.352 e. The highest BCUT2D eigenvalue weighted by molar-refractivity contribution is 6.06. The van der Waals surface area contributed by atoms with Crippen molar-refractivity contribution < 1.29 is 4.39 Å². The number of hydrogen-bond acceptors (Lipinski definition) is 5. The summed E-state index contributed by atoms with van der Waals surface area (Å²) in [4.78, 5) is 10.8. The monoisotopic (exact) mass is 299 g/mol. The Bertz CT molecular complexity index is 681. The van der Waals surface area contributed by atoms with Crippen molar-refractivity contribution in [1.29, 1.82) is 0 Å². The Morgan fingerprint density at radius 3 is 2.86 bits per heavy atom. The molecule has 1 aromatic heterocycles. The molecule has 1 saturated heterocycles. The standard InChI is InChI=1S/C16H18FN5/c1-11-4-3-9-21(11)16-8-7-15-18-10-13(22(15)20-16)12-5-2-6-14(17)19-12/h2,5-8,11,13H,3-4,9-10H2,1H3/t11-,13?/m1/s1. The van der Waals surface area contributed by atoms with E-state index in [9.17, 15) is 4.39 Å². The lowest BCUT2D eigenvalue weighted by Gasteiger charge is -2.30. The molecule has 3 aliphatic rings. The van der Waals surface area contributed by atoms with E-state index in [1.807, 2.05) is 23.2 Å². The van der Waals surface area contributed by atoms with E-state index in [0.717, 1.165) is 18.2 Å². The Hall–Kier alpha value is -2.24. The third-order valence-electron chi connectivity index (χ3n) is 4.47. The number of halogens is 1. The summed E-state index contributed by atoms with van der Waals surface area (Å²) in [6.07, 6.45) is 6.41. The maximum absolute atomic E-state index is 13.4. The smallest absolute Gasteiger partial charge is 0.213 e. The Balaban J connectivity index is 1.64. The van der Waals surface area contributed by atoms with Crippen LogP contribution in [0.15, 0.2) is 40.4 Å². The molecule has 5 nitrogen and oxygen atoms in total. The Morgan fingerprint density at radius 1 is 1.23 bits per heavy atom. The summed E-state index contributed by atoms with van der Waals surface area (Å²) in [5.74, 6) is 1.33. The summed E-state index contributed by atoms with van der Waals surface area (Å²) < 4.78 is 13.4. The van der Waals surface area contributed by atoms with Gasteiger partial charge in [-0.15, -0.1) is 0 Å². The van der Waals surface area contributed by atoms with Crippen molar-refractivity contribution in [2.75, 3.05) is 13.1 Å². The zero-order valence-corrected chi connectivity index (χ0v) is 12.5. The average molecular weight is 299 g/mol. The maximum atomic E-state index is 13.4. The number of pyridine rings is 1. The number of hydrogen-bond donors (Lipinski definition) is 0. The van der Waals surface area contributed by atoms with Gasteiger partial charge in [0.2, 0.25) is 5.95 Å². The van der Waals surface area contributed by atoms with Gasteiger partial charge in [0.15, 0.2) is 0 Å². The van der Waals surface area contributed by atoms with Crippen molar-refractivity contribution in [3.05, 3.63) is 42.0 Å². The predicted octanol–water partition coefficient (Wildman–Crippen LogP) is 2.34. The molecule has 0 saturated carbocycles. The first-order valence-corrected chi connectivity index (χ1v) is 7.72. The minimum Gasteiger partial charge on any atom is -0.352 e. The van der Waals surface area contributed by atoms with Gasteiger partial charge in [-0.1, -0.05) is 6.07 Å². The Labute approximate surface area is 128 Å². The second-order valence-corrected chi connectivity index (χ2v) is 5.92. The molecule has 4 heterocycles. The molecule has 1 aromatic rings. The summed E-state index contributed by atoms with van der Waals surface area (Å²) in [6, 6.07) is 5.26. The normalized spacial score (nSPS) is 27.0. The summed E-state index contributed by atoms with van der Waals surface area (Å²) in [7, 11) is 0. The predicted molar refractivity (Wildman–Crippen MR) is 83.1 cm³/mol. The van der Waals surface area contributed by atoms with Crippen LogP contribution in [0.25, 0.3) is 0 Å². The van der Waals surface area contributed by atoms with Crippen LogP contribution in [0.2, 0.25) is 0 Å². The van der Waals surface area contributed by atoms with Gasteiger partial charge in [0, 0.05) is 12.6 Å². The van der Waals surface area contributed by atoms with Gasteiger partial charge < -0.3 is 4.90 Å². The summed E-state index contributed by atoms with van der Waals surface area (Å²) in [5, 5.41) is 6.64. The number of aliphatic imine (C=N–C) groups is 1. The Morgan fingerprint density at radius 2 is 2.09 bits per heavy atom. The van der Waals surface area contributed by atoms with Crippen molar-refractivity contribution in [2.45, 2.75) is 31.8 Å². The van der Waals surface area contributed by atoms with E-state index >= 15 is 0 Å². The number of aromatic nitrogens is 1. The highest BCUT2D eigenvalue weighted by atomic mass is 19.1. The van der Waals surface area contributed by atoms with Gasteiger partial charge in [0.1, 0.15) is 17.7 Å². The summed E-state index contributed by atoms with van der Waals surface area (Å²) >= 11 is 0. The fourth-order valence-electron chi connectivity index (χ4n) is 3.29. The lowest BCUT2D eigenvalue weighted by Crippen LogP contribution is -2.38.